The van der Waals surface area contributed by atoms with Gasteiger partial charge in [-0.2, -0.15) is 5.10 Å². The number of rotatable bonds is 5. The van der Waals surface area contributed by atoms with Crippen molar-refractivity contribution in [2.75, 3.05) is 7.05 Å². The first-order chi connectivity index (χ1) is 9.97. The van der Waals surface area contributed by atoms with Crippen molar-refractivity contribution in [1.82, 2.24) is 20.1 Å². The molecule has 2 aromatic rings. The number of H-pyrrole nitrogens is 1. The first kappa shape index (κ1) is 15.6. The van der Waals surface area contributed by atoms with E-state index in [-0.39, 0.29) is 5.91 Å². The number of carbonyl (C=O) groups excluding carboxylic acids is 1. The molecule has 0 radical (unpaired) electrons. The van der Waals surface area contributed by atoms with E-state index in [1.807, 2.05) is 0 Å². The largest absolute Gasteiger partial charge is 0.479 e. The van der Waals surface area contributed by atoms with Crippen molar-refractivity contribution < 1.29 is 9.53 Å². The van der Waals surface area contributed by atoms with Crippen molar-refractivity contribution in [3.05, 3.63) is 40.4 Å². The molecule has 0 saturated carbocycles. The highest BCUT2D eigenvalue weighted by atomic mass is 35.5. The molecule has 1 aromatic carbocycles. The molecule has 21 heavy (non-hydrogen) atoms. The number of nitrogens with one attached hydrogen (secondary N) is 1. The Bertz CT molecular complexity index is 619. The fraction of sp³-hybridized carbons (Fsp3) is 0.308. The van der Waals surface area contributed by atoms with Crippen molar-refractivity contribution in [2.24, 2.45) is 0 Å². The molecule has 0 saturated heterocycles. The highest BCUT2D eigenvalue weighted by Gasteiger charge is 2.21. The fourth-order valence-corrected chi connectivity index (χ4v) is 2.18. The Kier molecular flexibility index (Phi) is 5.03. The van der Waals surface area contributed by atoms with Gasteiger partial charge in [0.15, 0.2) is 6.10 Å². The Hall–Kier alpha value is -1.79. The summed E-state index contributed by atoms with van der Waals surface area (Å²) in [5, 5.41) is 7.30. The molecule has 1 heterocycles. The molecular weight excluding hydrogens is 315 g/mol. The van der Waals surface area contributed by atoms with Crippen LogP contribution in [-0.2, 0) is 11.3 Å². The van der Waals surface area contributed by atoms with Crippen LogP contribution in [0, 0.1) is 0 Å². The van der Waals surface area contributed by atoms with Crippen LogP contribution in [0.5, 0.6) is 5.75 Å². The summed E-state index contributed by atoms with van der Waals surface area (Å²) >= 11 is 11.8. The topological polar surface area (TPSA) is 71.1 Å². The summed E-state index contributed by atoms with van der Waals surface area (Å²) in [4.78, 5) is 17.7. The molecule has 8 heteroatoms. The molecule has 0 bridgehead atoms. The summed E-state index contributed by atoms with van der Waals surface area (Å²) in [5.74, 6) is 0.815. The van der Waals surface area contributed by atoms with Crippen LogP contribution in [0.4, 0.5) is 0 Å². The Morgan fingerprint density at radius 2 is 2.24 bits per heavy atom. The molecule has 1 unspecified atom stereocenters. The van der Waals surface area contributed by atoms with Crippen molar-refractivity contribution >= 4 is 29.1 Å². The summed E-state index contributed by atoms with van der Waals surface area (Å²) in [7, 11) is 1.66. The number of aromatic nitrogens is 3. The maximum absolute atomic E-state index is 12.2. The molecule has 6 nitrogen and oxygen atoms in total. The van der Waals surface area contributed by atoms with Gasteiger partial charge in [-0.05, 0) is 25.1 Å². The van der Waals surface area contributed by atoms with Crippen LogP contribution in [0.25, 0.3) is 0 Å². The Balaban J connectivity index is 1.98. The number of nitrogens with zero attached hydrogens (tertiary/aromatic N) is 3. The molecule has 2 rings (SSSR count). The molecule has 0 aliphatic rings. The highest BCUT2D eigenvalue weighted by molar-refractivity contribution is 6.35. The number of hydrogen-bond acceptors (Lipinski definition) is 4. The van der Waals surface area contributed by atoms with E-state index in [4.69, 9.17) is 27.9 Å². The van der Waals surface area contributed by atoms with Gasteiger partial charge in [-0.3, -0.25) is 9.89 Å². The van der Waals surface area contributed by atoms with E-state index in [1.54, 1.807) is 32.2 Å². The van der Waals surface area contributed by atoms with Crippen LogP contribution in [0.2, 0.25) is 10.0 Å². The second-order valence-corrected chi connectivity index (χ2v) is 5.30. The zero-order valence-corrected chi connectivity index (χ0v) is 13.0. The van der Waals surface area contributed by atoms with Crippen LogP contribution in [0.15, 0.2) is 24.5 Å². The van der Waals surface area contributed by atoms with Crippen molar-refractivity contribution in [3.63, 3.8) is 0 Å². The molecule has 0 spiro atoms. The Morgan fingerprint density at radius 3 is 2.86 bits per heavy atom. The quantitative estimate of drug-likeness (QED) is 0.915. The first-order valence-corrected chi connectivity index (χ1v) is 6.94. The van der Waals surface area contributed by atoms with Gasteiger partial charge < -0.3 is 9.64 Å². The third kappa shape index (κ3) is 4.09. The molecule has 0 fully saturated rings. The van der Waals surface area contributed by atoms with Gasteiger partial charge in [-0.15, -0.1) is 0 Å². The fourth-order valence-electron chi connectivity index (χ4n) is 1.73. The normalized spacial score (nSPS) is 12.0. The number of hydrogen-bond donors (Lipinski definition) is 1. The van der Waals surface area contributed by atoms with Crippen LogP contribution in [0.1, 0.15) is 12.7 Å². The smallest absolute Gasteiger partial charge is 0.263 e. The zero-order chi connectivity index (χ0) is 15.4. The SMILES string of the molecule is CC(Oc1ccc(Cl)cc1Cl)C(=O)N(C)Cc1ncn[nH]1. The lowest BCUT2D eigenvalue weighted by atomic mass is 10.3. The minimum Gasteiger partial charge on any atom is -0.479 e. The van der Waals surface area contributed by atoms with Gasteiger partial charge in [0, 0.05) is 12.1 Å². The zero-order valence-electron chi connectivity index (χ0n) is 11.5. The number of aromatic amines is 1. The number of halogens is 2. The predicted octanol–water partition coefficient (Wildman–Crippen LogP) is 2.54. The molecule has 112 valence electrons. The van der Waals surface area contributed by atoms with Gasteiger partial charge in [0.2, 0.25) is 0 Å². The molecule has 0 aliphatic carbocycles. The maximum atomic E-state index is 12.2. The van der Waals surface area contributed by atoms with Gasteiger partial charge in [0.1, 0.15) is 17.9 Å². The van der Waals surface area contributed by atoms with Gasteiger partial charge in [-0.1, -0.05) is 23.2 Å². The Morgan fingerprint density at radius 1 is 1.48 bits per heavy atom. The predicted molar refractivity (Wildman–Crippen MR) is 79.4 cm³/mol. The molecule has 1 amide bonds. The minimum absolute atomic E-state index is 0.197. The average molecular weight is 329 g/mol. The number of benzene rings is 1. The minimum atomic E-state index is -0.684. The number of amides is 1. The monoisotopic (exact) mass is 328 g/mol. The summed E-state index contributed by atoms with van der Waals surface area (Å²) in [6, 6.07) is 4.84. The van der Waals surface area contributed by atoms with Crippen molar-refractivity contribution in [3.8, 4) is 5.75 Å². The lowest BCUT2D eigenvalue weighted by Gasteiger charge is -2.21. The van der Waals surface area contributed by atoms with Crippen molar-refractivity contribution in [2.45, 2.75) is 19.6 Å². The third-order valence-corrected chi connectivity index (χ3v) is 3.30. The van der Waals surface area contributed by atoms with E-state index >= 15 is 0 Å². The number of ether oxygens (including phenoxy) is 1. The summed E-state index contributed by atoms with van der Waals surface area (Å²) in [6.45, 7) is 1.98. The van der Waals surface area contributed by atoms with Crippen LogP contribution in [-0.4, -0.2) is 39.1 Å². The van der Waals surface area contributed by atoms with Crippen LogP contribution >= 0.6 is 23.2 Å². The van der Waals surface area contributed by atoms with E-state index < -0.39 is 6.10 Å². The summed E-state index contributed by atoms with van der Waals surface area (Å²) in [5.41, 5.74) is 0. The van der Waals surface area contributed by atoms with E-state index in [2.05, 4.69) is 15.2 Å². The Labute approximate surface area is 132 Å². The number of carbonyl (C=O) groups is 1. The first-order valence-electron chi connectivity index (χ1n) is 6.18. The van der Waals surface area contributed by atoms with Crippen LogP contribution in [0.3, 0.4) is 0 Å². The van der Waals surface area contributed by atoms with Crippen molar-refractivity contribution in [1.29, 1.82) is 0 Å². The molecule has 0 aliphatic heterocycles. The lowest BCUT2D eigenvalue weighted by molar-refractivity contribution is -0.137. The highest BCUT2D eigenvalue weighted by Crippen LogP contribution is 2.28. The van der Waals surface area contributed by atoms with Crippen LogP contribution < -0.4 is 4.74 Å². The van der Waals surface area contributed by atoms with E-state index in [0.717, 1.165) is 0 Å². The summed E-state index contributed by atoms with van der Waals surface area (Å²) in [6.07, 6.45) is 0.706. The van der Waals surface area contributed by atoms with Gasteiger partial charge in [-0.25, -0.2) is 4.98 Å². The standard InChI is InChI=1S/C13H14Cl2N4O2/c1-8(21-11-4-3-9(14)5-10(11)15)13(20)19(2)6-12-16-7-17-18-12/h3-5,7-8H,6H2,1-2H3,(H,16,17,18). The molecule has 1 aromatic heterocycles. The average Bonchev–Trinajstić information content (AvgIpc) is 2.93. The van der Waals surface area contributed by atoms with Gasteiger partial charge in [0.05, 0.1) is 11.6 Å². The third-order valence-electron chi connectivity index (χ3n) is 2.77. The van der Waals surface area contributed by atoms with Gasteiger partial charge >= 0.3 is 0 Å². The molecule has 1 N–H and O–H groups in total. The lowest BCUT2D eigenvalue weighted by Crippen LogP contribution is -2.37. The van der Waals surface area contributed by atoms with E-state index in [9.17, 15) is 4.79 Å². The molecular formula is C13H14Cl2N4O2. The van der Waals surface area contributed by atoms with E-state index in [1.165, 1.54) is 11.2 Å². The second-order valence-electron chi connectivity index (χ2n) is 4.46. The second kappa shape index (κ2) is 6.78. The summed E-state index contributed by atoms with van der Waals surface area (Å²) < 4.78 is 5.57. The molecule has 1 atom stereocenters. The number of likely N-dealkylation sites (N-methyl/N-ethyl adjacent to an activating group) is 1. The van der Waals surface area contributed by atoms with E-state index in [0.29, 0.717) is 28.2 Å². The van der Waals surface area contributed by atoms with Gasteiger partial charge in [0.25, 0.3) is 5.91 Å². The maximum Gasteiger partial charge on any atom is 0.263 e.